The number of nitrogens with one attached hydrogen (secondary N) is 2. The third-order valence-electron chi connectivity index (χ3n) is 4.76. The van der Waals surface area contributed by atoms with Crippen molar-refractivity contribution in [3.05, 3.63) is 70.2 Å². The minimum absolute atomic E-state index is 0.181. The quantitative estimate of drug-likeness (QED) is 0.846. The molecular formula is C20H19ClN2O3. The summed E-state index contributed by atoms with van der Waals surface area (Å²) >= 11 is 6.01. The zero-order valence-corrected chi connectivity index (χ0v) is 14.8. The van der Waals surface area contributed by atoms with Crippen LogP contribution in [0.3, 0.4) is 0 Å². The maximum Gasteiger partial charge on any atom is 0.408 e. The van der Waals surface area contributed by atoms with Gasteiger partial charge in [-0.15, -0.1) is 0 Å². The normalized spacial score (nSPS) is 20.2. The van der Waals surface area contributed by atoms with Crippen LogP contribution in [-0.4, -0.2) is 24.6 Å². The van der Waals surface area contributed by atoms with E-state index in [0.29, 0.717) is 10.9 Å². The molecule has 2 atom stereocenters. The molecule has 26 heavy (non-hydrogen) atoms. The molecule has 1 saturated heterocycles. The van der Waals surface area contributed by atoms with E-state index in [2.05, 4.69) is 22.8 Å². The summed E-state index contributed by atoms with van der Waals surface area (Å²) in [6.45, 7) is 0.181. The highest BCUT2D eigenvalue weighted by Crippen LogP contribution is 2.41. The summed E-state index contributed by atoms with van der Waals surface area (Å²) in [5.41, 5.74) is 3.22. The van der Waals surface area contributed by atoms with Crippen LogP contribution in [0.25, 0.3) is 0 Å². The van der Waals surface area contributed by atoms with E-state index in [-0.39, 0.29) is 18.5 Å². The van der Waals surface area contributed by atoms with Crippen LogP contribution in [0, 0.1) is 0 Å². The number of halogens is 1. The third kappa shape index (κ3) is 3.68. The predicted octanol–water partition coefficient (Wildman–Crippen LogP) is 3.53. The van der Waals surface area contributed by atoms with Gasteiger partial charge in [-0.25, -0.2) is 4.79 Å². The van der Waals surface area contributed by atoms with Gasteiger partial charge < -0.3 is 15.4 Å². The summed E-state index contributed by atoms with van der Waals surface area (Å²) in [5.74, 6) is 0.302. The number of amides is 2. The highest BCUT2D eigenvalue weighted by molar-refractivity contribution is 6.30. The summed E-state index contributed by atoms with van der Waals surface area (Å²) in [4.78, 5) is 23.8. The Bertz CT molecular complexity index is 833. The third-order valence-corrected chi connectivity index (χ3v) is 5.01. The van der Waals surface area contributed by atoms with Crippen molar-refractivity contribution in [2.75, 3.05) is 6.54 Å². The topological polar surface area (TPSA) is 67.4 Å². The van der Waals surface area contributed by atoms with E-state index in [1.165, 1.54) is 18.4 Å². The monoisotopic (exact) mass is 370 g/mol. The highest BCUT2D eigenvalue weighted by atomic mass is 35.5. The second kappa shape index (κ2) is 7.00. The van der Waals surface area contributed by atoms with Crippen molar-refractivity contribution in [1.29, 1.82) is 0 Å². The fourth-order valence-electron chi connectivity index (χ4n) is 3.19. The van der Waals surface area contributed by atoms with E-state index in [9.17, 15) is 9.59 Å². The summed E-state index contributed by atoms with van der Waals surface area (Å²) in [5, 5.41) is 6.16. The van der Waals surface area contributed by atoms with E-state index < -0.39 is 12.2 Å². The maximum absolute atomic E-state index is 12.6. The lowest BCUT2D eigenvalue weighted by molar-refractivity contribution is -0.128. The second-order valence-electron chi connectivity index (χ2n) is 6.71. The van der Waals surface area contributed by atoms with Gasteiger partial charge in [0.1, 0.15) is 0 Å². The fraction of sp³-hybridized carbons (Fsp3) is 0.300. The van der Waals surface area contributed by atoms with Crippen molar-refractivity contribution in [2.24, 2.45) is 0 Å². The predicted molar refractivity (Wildman–Crippen MR) is 98.1 cm³/mol. The number of hydrogen-bond acceptors (Lipinski definition) is 3. The molecule has 2 aliphatic rings. The molecule has 2 N–H and O–H groups in total. The van der Waals surface area contributed by atoms with Crippen LogP contribution < -0.4 is 10.6 Å². The van der Waals surface area contributed by atoms with E-state index >= 15 is 0 Å². The highest BCUT2D eigenvalue weighted by Gasteiger charge is 2.32. The number of carbonyl (C=O) groups excluding carboxylic acids is 2. The zero-order chi connectivity index (χ0) is 18.1. The maximum atomic E-state index is 12.6. The molecule has 1 aliphatic heterocycles. The SMILES string of the molecule is O=C1NC[C@@H](C(=O)NC(c2ccc(Cl)cc2)c2cccc(C3CC3)c2)O1. The lowest BCUT2D eigenvalue weighted by Gasteiger charge is -2.22. The van der Waals surface area contributed by atoms with Crippen molar-refractivity contribution in [2.45, 2.75) is 30.9 Å². The average Bonchev–Trinajstić information content (AvgIpc) is 3.41. The first-order valence-electron chi connectivity index (χ1n) is 8.70. The van der Waals surface area contributed by atoms with Gasteiger partial charge in [0.15, 0.2) is 6.10 Å². The van der Waals surface area contributed by atoms with Gasteiger partial charge in [-0.1, -0.05) is 48.0 Å². The molecule has 1 saturated carbocycles. The summed E-state index contributed by atoms with van der Waals surface area (Å²) in [7, 11) is 0. The first kappa shape index (κ1) is 16.9. The molecule has 0 bridgehead atoms. The molecule has 134 valence electrons. The molecule has 2 fully saturated rings. The Morgan fingerprint density at radius 1 is 1.15 bits per heavy atom. The molecule has 1 heterocycles. The van der Waals surface area contributed by atoms with E-state index in [4.69, 9.17) is 16.3 Å². The van der Waals surface area contributed by atoms with Crippen LogP contribution in [-0.2, 0) is 9.53 Å². The second-order valence-corrected chi connectivity index (χ2v) is 7.15. The Balaban J connectivity index is 1.63. The molecule has 2 aromatic rings. The minimum Gasteiger partial charge on any atom is -0.434 e. The van der Waals surface area contributed by atoms with Gasteiger partial charge in [0, 0.05) is 5.02 Å². The Hall–Kier alpha value is -2.53. The Kier molecular flexibility index (Phi) is 4.55. The van der Waals surface area contributed by atoms with Gasteiger partial charge >= 0.3 is 6.09 Å². The number of alkyl carbamates (subject to hydrolysis) is 1. The lowest BCUT2D eigenvalue weighted by atomic mass is 9.95. The molecule has 1 aliphatic carbocycles. The van der Waals surface area contributed by atoms with Crippen molar-refractivity contribution < 1.29 is 14.3 Å². The summed E-state index contributed by atoms with van der Waals surface area (Å²) < 4.78 is 5.00. The van der Waals surface area contributed by atoms with Crippen molar-refractivity contribution in [1.82, 2.24) is 10.6 Å². The zero-order valence-electron chi connectivity index (χ0n) is 14.1. The van der Waals surface area contributed by atoms with E-state index in [1.807, 2.05) is 24.3 Å². The average molecular weight is 371 g/mol. The Morgan fingerprint density at radius 2 is 1.92 bits per heavy atom. The first-order valence-corrected chi connectivity index (χ1v) is 9.08. The van der Waals surface area contributed by atoms with Gasteiger partial charge in [0.2, 0.25) is 0 Å². The van der Waals surface area contributed by atoms with Crippen LogP contribution in [0.2, 0.25) is 5.02 Å². The summed E-state index contributed by atoms with van der Waals surface area (Å²) in [6.07, 6.45) is 1.05. The largest absolute Gasteiger partial charge is 0.434 e. The van der Waals surface area contributed by atoms with Crippen molar-refractivity contribution in [3.63, 3.8) is 0 Å². The van der Waals surface area contributed by atoms with Gasteiger partial charge in [-0.3, -0.25) is 4.79 Å². The molecule has 2 amide bonds. The molecule has 5 nitrogen and oxygen atoms in total. The Labute approximate surface area is 156 Å². The standard InChI is InChI=1S/C20H19ClN2O3/c21-16-8-6-13(7-9-16)18(23-19(24)17-11-22-20(25)26-17)15-3-1-2-14(10-15)12-4-5-12/h1-3,6-10,12,17-18H,4-5,11H2,(H,22,25)(H,23,24)/t17-,18?/m0/s1. The Morgan fingerprint density at radius 3 is 2.58 bits per heavy atom. The number of hydrogen-bond donors (Lipinski definition) is 2. The first-order chi connectivity index (χ1) is 12.6. The smallest absolute Gasteiger partial charge is 0.408 e. The number of ether oxygens (including phenoxy) is 1. The van der Waals surface area contributed by atoms with E-state index in [1.54, 1.807) is 12.1 Å². The number of carbonyl (C=O) groups is 2. The van der Waals surface area contributed by atoms with Crippen LogP contribution in [0.1, 0.15) is 41.5 Å². The number of cyclic esters (lactones) is 1. The molecule has 0 spiro atoms. The van der Waals surface area contributed by atoms with Gasteiger partial charge in [-0.05, 0) is 47.6 Å². The van der Waals surface area contributed by atoms with Crippen molar-refractivity contribution in [3.8, 4) is 0 Å². The van der Waals surface area contributed by atoms with Gasteiger partial charge in [0.05, 0.1) is 12.6 Å². The molecule has 6 heteroatoms. The molecular weight excluding hydrogens is 352 g/mol. The van der Waals surface area contributed by atoms with Gasteiger partial charge in [-0.2, -0.15) is 0 Å². The van der Waals surface area contributed by atoms with Crippen molar-refractivity contribution >= 4 is 23.6 Å². The molecule has 1 unspecified atom stereocenters. The lowest BCUT2D eigenvalue weighted by Crippen LogP contribution is -2.39. The molecule has 0 aromatic heterocycles. The molecule has 2 aromatic carbocycles. The van der Waals surface area contributed by atoms with E-state index in [0.717, 1.165) is 11.1 Å². The summed E-state index contributed by atoms with van der Waals surface area (Å²) in [6, 6.07) is 15.4. The fourth-order valence-corrected chi connectivity index (χ4v) is 3.32. The van der Waals surface area contributed by atoms with Gasteiger partial charge in [0.25, 0.3) is 5.91 Å². The van der Waals surface area contributed by atoms with Crippen LogP contribution in [0.5, 0.6) is 0 Å². The van der Waals surface area contributed by atoms with Crippen LogP contribution in [0.4, 0.5) is 4.79 Å². The van der Waals surface area contributed by atoms with Crippen LogP contribution in [0.15, 0.2) is 48.5 Å². The number of rotatable bonds is 5. The molecule has 4 rings (SSSR count). The molecule has 0 radical (unpaired) electrons. The van der Waals surface area contributed by atoms with Crippen LogP contribution >= 0.6 is 11.6 Å². The minimum atomic E-state index is -0.816. The number of benzene rings is 2.